The van der Waals surface area contributed by atoms with Crippen molar-refractivity contribution in [2.45, 2.75) is 66.2 Å². The molecule has 0 bridgehead atoms. The SMILES string of the molecule is CC(C)c1cc(-c2ccccc2)n[nH]1.CC(C)c1cnn(-c2ccccc2)c1.Cc1cc(C(C)C)nn1C. The van der Waals surface area contributed by atoms with Crippen LogP contribution in [0.5, 0.6) is 0 Å². The molecule has 1 N–H and O–H groups in total. The first-order chi connectivity index (χ1) is 18.2. The van der Waals surface area contributed by atoms with E-state index in [9.17, 15) is 0 Å². The molecule has 2 aromatic carbocycles. The maximum atomic E-state index is 4.33. The monoisotopic (exact) mass is 510 g/mol. The second-order valence-electron chi connectivity index (χ2n) is 10.4. The number of nitrogens with zero attached hydrogens (tertiary/aromatic N) is 5. The Bertz CT molecular complexity index is 1260. The molecule has 5 aromatic rings. The highest BCUT2D eigenvalue weighted by Crippen LogP contribution is 2.20. The van der Waals surface area contributed by atoms with Crippen LogP contribution in [0.1, 0.15) is 81.9 Å². The minimum absolute atomic E-state index is 0.500. The van der Waals surface area contributed by atoms with Gasteiger partial charge in [0, 0.05) is 30.2 Å². The smallest absolute Gasteiger partial charge is 0.0923 e. The molecule has 0 spiro atoms. The van der Waals surface area contributed by atoms with Gasteiger partial charge in [-0.3, -0.25) is 9.78 Å². The van der Waals surface area contributed by atoms with E-state index in [2.05, 4.69) is 111 Å². The van der Waals surface area contributed by atoms with Gasteiger partial charge in [0.1, 0.15) is 0 Å². The third-order valence-corrected chi connectivity index (χ3v) is 6.30. The number of hydrogen-bond acceptors (Lipinski definition) is 3. The number of aryl methyl sites for hydroxylation is 2. The van der Waals surface area contributed by atoms with Gasteiger partial charge < -0.3 is 0 Å². The van der Waals surface area contributed by atoms with E-state index in [0.717, 1.165) is 16.9 Å². The van der Waals surface area contributed by atoms with Gasteiger partial charge >= 0.3 is 0 Å². The lowest BCUT2D eigenvalue weighted by atomic mass is 10.1. The molecule has 200 valence electrons. The molecular weight excluding hydrogens is 468 g/mol. The summed E-state index contributed by atoms with van der Waals surface area (Å²) >= 11 is 0. The standard InChI is InChI=1S/2C12H14N2.C8H14N2/c1-10(2)11-8-13-14(9-11)12-6-4-3-5-7-12;1-9(2)11-8-12(14-13-11)10-6-4-3-5-7-10;1-6(2)8-5-7(3)10(4)9-8/h3-10H,1-2H3;3-9H,1-2H3,(H,13,14);5-6H,1-4H3. The van der Waals surface area contributed by atoms with E-state index in [0.29, 0.717) is 17.8 Å². The average molecular weight is 511 g/mol. The number of nitrogens with one attached hydrogen (secondary N) is 1. The highest BCUT2D eigenvalue weighted by atomic mass is 15.3. The summed E-state index contributed by atoms with van der Waals surface area (Å²) in [5.74, 6) is 1.58. The molecule has 3 heterocycles. The third kappa shape index (κ3) is 8.04. The van der Waals surface area contributed by atoms with Gasteiger partial charge in [0.05, 0.1) is 23.3 Å². The van der Waals surface area contributed by atoms with Crippen molar-refractivity contribution in [1.29, 1.82) is 0 Å². The summed E-state index contributed by atoms with van der Waals surface area (Å²) in [6.07, 6.45) is 4.01. The summed E-state index contributed by atoms with van der Waals surface area (Å²) in [6, 6.07) is 24.6. The quantitative estimate of drug-likeness (QED) is 0.260. The van der Waals surface area contributed by atoms with Crippen LogP contribution in [-0.4, -0.2) is 29.8 Å². The maximum Gasteiger partial charge on any atom is 0.0923 e. The van der Waals surface area contributed by atoms with Crippen molar-refractivity contribution in [2.24, 2.45) is 7.05 Å². The Morgan fingerprint density at radius 2 is 1.39 bits per heavy atom. The zero-order valence-electron chi connectivity index (χ0n) is 24.1. The minimum atomic E-state index is 0.500. The van der Waals surface area contributed by atoms with E-state index in [4.69, 9.17) is 0 Å². The molecular formula is C32H42N6. The molecule has 0 aliphatic heterocycles. The molecule has 6 heteroatoms. The fourth-order valence-corrected chi connectivity index (χ4v) is 3.62. The fourth-order valence-electron chi connectivity index (χ4n) is 3.62. The highest BCUT2D eigenvalue weighted by molar-refractivity contribution is 5.59. The highest BCUT2D eigenvalue weighted by Gasteiger charge is 2.06. The minimum Gasteiger partial charge on any atom is -0.282 e. The number of para-hydroxylation sites is 1. The molecule has 0 fully saturated rings. The Morgan fingerprint density at radius 3 is 1.84 bits per heavy atom. The first kappa shape index (κ1) is 28.6. The van der Waals surface area contributed by atoms with Crippen molar-refractivity contribution in [3.63, 3.8) is 0 Å². The second kappa shape index (κ2) is 13.6. The van der Waals surface area contributed by atoms with Crippen molar-refractivity contribution < 1.29 is 0 Å². The second-order valence-corrected chi connectivity index (χ2v) is 10.4. The predicted molar refractivity (Wildman–Crippen MR) is 158 cm³/mol. The van der Waals surface area contributed by atoms with Gasteiger partial charge in [0.15, 0.2) is 0 Å². The van der Waals surface area contributed by atoms with Gasteiger partial charge in [-0.15, -0.1) is 0 Å². The number of aromatic nitrogens is 6. The van der Waals surface area contributed by atoms with Gasteiger partial charge in [-0.05, 0) is 54.5 Å². The van der Waals surface area contributed by atoms with Crippen LogP contribution in [0.3, 0.4) is 0 Å². The Morgan fingerprint density at radius 1 is 0.763 bits per heavy atom. The van der Waals surface area contributed by atoms with Crippen LogP contribution in [0.2, 0.25) is 0 Å². The first-order valence-electron chi connectivity index (χ1n) is 13.4. The van der Waals surface area contributed by atoms with E-state index in [1.54, 1.807) is 0 Å². The fraction of sp³-hybridized carbons (Fsp3) is 0.344. The van der Waals surface area contributed by atoms with Crippen molar-refractivity contribution in [3.8, 4) is 16.9 Å². The molecule has 0 amide bonds. The van der Waals surface area contributed by atoms with Crippen LogP contribution in [-0.2, 0) is 7.05 Å². The lowest BCUT2D eigenvalue weighted by molar-refractivity contribution is 0.698. The zero-order valence-corrected chi connectivity index (χ0v) is 24.1. The van der Waals surface area contributed by atoms with Gasteiger partial charge in [0.25, 0.3) is 0 Å². The van der Waals surface area contributed by atoms with E-state index in [1.165, 1.54) is 22.6 Å². The molecule has 5 rings (SSSR count). The predicted octanol–water partition coefficient (Wildman–Crippen LogP) is 8.05. The lowest BCUT2D eigenvalue weighted by Gasteiger charge is -2.00. The first-order valence-corrected chi connectivity index (χ1v) is 13.4. The van der Waals surface area contributed by atoms with Crippen molar-refractivity contribution in [2.75, 3.05) is 0 Å². The summed E-state index contributed by atoms with van der Waals surface area (Å²) in [5.41, 5.74) is 8.16. The average Bonchev–Trinajstić information content (AvgIpc) is 3.67. The molecule has 6 nitrogen and oxygen atoms in total. The molecule has 0 saturated heterocycles. The van der Waals surface area contributed by atoms with E-state index >= 15 is 0 Å². The summed E-state index contributed by atoms with van der Waals surface area (Å²) in [7, 11) is 1.97. The maximum absolute atomic E-state index is 4.33. The number of aromatic amines is 1. The Hall–Kier alpha value is -3.93. The molecule has 0 aliphatic rings. The molecule has 0 atom stereocenters. The zero-order chi connectivity index (χ0) is 27.7. The van der Waals surface area contributed by atoms with Gasteiger partial charge in [-0.1, -0.05) is 90.1 Å². The van der Waals surface area contributed by atoms with Crippen LogP contribution < -0.4 is 0 Å². The molecule has 0 saturated carbocycles. The summed E-state index contributed by atoms with van der Waals surface area (Å²) in [6.45, 7) is 15.0. The van der Waals surface area contributed by atoms with Crippen molar-refractivity contribution in [3.05, 3.63) is 108 Å². The summed E-state index contributed by atoms with van der Waals surface area (Å²) < 4.78 is 3.82. The Labute approximate surface area is 227 Å². The normalized spacial score (nSPS) is 10.8. The van der Waals surface area contributed by atoms with E-state index in [-0.39, 0.29) is 0 Å². The van der Waals surface area contributed by atoms with Crippen molar-refractivity contribution in [1.82, 2.24) is 29.8 Å². The van der Waals surface area contributed by atoms with E-state index < -0.39 is 0 Å². The van der Waals surface area contributed by atoms with Crippen LogP contribution in [0.25, 0.3) is 16.9 Å². The number of rotatable bonds is 5. The lowest BCUT2D eigenvalue weighted by Crippen LogP contribution is -1.94. The Kier molecular flexibility index (Phi) is 10.2. The van der Waals surface area contributed by atoms with Crippen molar-refractivity contribution >= 4 is 0 Å². The third-order valence-electron chi connectivity index (χ3n) is 6.30. The van der Waals surface area contributed by atoms with Crippen LogP contribution >= 0.6 is 0 Å². The van der Waals surface area contributed by atoms with Crippen LogP contribution in [0.4, 0.5) is 0 Å². The van der Waals surface area contributed by atoms with Crippen LogP contribution in [0, 0.1) is 6.92 Å². The molecule has 0 unspecified atom stereocenters. The van der Waals surface area contributed by atoms with Crippen LogP contribution in [0.15, 0.2) is 85.2 Å². The largest absolute Gasteiger partial charge is 0.282 e. The van der Waals surface area contributed by atoms with Gasteiger partial charge in [-0.25, -0.2) is 4.68 Å². The molecule has 3 aromatic heterocycles. The summed E-state index contributed by atoms with van der Waals surface area (Å²) in [4.78, 5) is 0. The summed E-state index contributed by atoms with van der Waals surface area (Å²) in [5, 5.41) is 16.0. The van der Waals surface area contributed by atoms with E-state index in [1.807, 2.05) is 59.0 Å². The topological polar surface area (TPSA) is 64.3 Å². The number of H-pyrrole nitrogens is 1. The molecule has 38 heavy (non-hydrogen) atoms. The Balaban J connectivity index is 0.000000161. The van der Waals surface area contributed by atoms with Gasteiger partial charge in [0.2, 0.25) is 0 Å². The number of hydrogen-bond donors (Lipinski definition) is 1. The van der Waals surface area contributed by atoms with Gasteiger partial charge in [-0.2, -0.15) is 15.3 Å². The molecule has 0 aliphatic carbocycles. The molecule has 0 radical (unpaired) electrons. The number of benzene rings is 2.